The molecule has 3 fully saturated rings. The summed E-state index contributed by atoms with van der Waals surface area (Å²) in [6, 6.07) is -0.0394. The van der Waals surface area contributed by atoms with Gasteiger partial charge in [-0.15, -0.1) is 0 Å². The SMILES string of the molecule is [2H]C(C1CCN(C)CC1)N1C[C@H](O)CC1C(=O)NC1CCCCC1. The minimum atomic E-state index is -0.480. The monoisotopic (exact) mass is 324 g/mol. The van der Waals surface area contributed by atoms with Crippen LogP contribution in [-0.4, -0.2) is 72.2 Å². The molecule has 0 aromatic heterocycles. The molecule has 23 heavy (non-hydrogen) atoms. The summed E-state index contributed by atoms with van der Waals surface area (Å²) in [7, 11) is 2.12. The van der Waals surface area contributed by atoms with Gasteiger partial charge in [-0.25, -0.2) is 0 Å². The van der Waals surface area contributed by atoms with Crippen molar-refractivity contribution < 1.29 is 11.3 Å². The molecule has 1 amide bonds. The number of aliphatic hydroxyl groups is 1. The Hall–Kier alpha value is -0.650. The van der Waals surface area contributed by atoms with Gasteiger partial charge in [-0.3, -0.25) is 9.69 Å². The summed E-state index contributed by atoms with van der Waals surface area (Å²) >= 11 is 0. The molecule has 132 valence electrons. The highest BCUT2D eigenvalue weighted by molar-refractivity contribution is 5.82. The van der Waals surface area contributed by atoms with Crippen molar-refractivity contribution >= 4 is 5.91 Å². The number of β-amino-alcohol motifs (C(OH)–C–C–N with tert-alkyl or cyclic N) is 1. The van der Waals surface area contributed by atoms with Crippen LogP contribution in [0, 0.1) is 5.92 Å². The van der Waals surface area contributed by atoms with E-state index in [1.807, 2.05) is 4.90 Å². The summed E-state index contributed by atoms with van der Waals surface area (Å²) in [4.78, 5) is 17.0. The predicted octanol–water partition coefficient (Wildman–Crippen LogP) is 1.21. The fraction of sp³-hybridized carbons (Fsp3) is 0.944. The van der Waals surface area contributed by atoms with E-state index in [1.165, 1.54) is 19.3 Å². The molecule has 5 nitrogen and oxygen atoms in total. The Labute approximate surface area is 141 Å². The molecule has 0 spiro atoms. The maximum absolute atomic E-state index is 12.8. The third-order valence-electron chi connectivity index (χ3n) is 5.74. The molecule has 3 rings (SSSR count). The first kappa shape index (κ1) is 15.9. The number of aliphatic hydroxyl groups excluding tert-OH is 1. The van der Waals surface area contributed by atoms with Crippen molar-refractivity contribution in [2.24, 2.45) is 5.92 Å². The lowest BCUT2D eigenvalue weighted by Crippen LogP contribution is -2.49. The summed E-state index contributed by atoms with van der Waals surface area (Å²) in [6.45, 7) is 2.13. The first-order chi connectivity index (χ1) is 11.5. The van der Waals surface area contributed by atoms with Crippen molar-refractivity contribution in [1.82, 2.24) is 15.1 Å². The second-order valence-corrected chi connectivity index (χ2v) is 7.74. The molecular weight excluding hydrogens is 290 g/mol. The van der Waals surface area contributed by atoms with Gasteiger partial charge in [0.25, 0.3) is 0 Å². The van der Waals surface area contributed by atoms with Crippen LogP contribution in [0.1, 0.15) is 52.7 Å². The van der Waals surface area contributed by atoms with Crippen LogP contribution >= 0.6 is 0 Å². The highest BCUT2D eigenvalue weighted by Gasteiger charge is 2.37. The van der Waals surface area contributed by atoms with E-state index in [-0.39, 0.29) is 18.5 Å². The fourth-order valence-corrected chi connectivity index (χ4v) is 4.25. The maximum atomic E-state index is 12.8. The minimum Gasteiger partial charge on any atom is -0.392 e. The Bertz CT molecular complexity index is 422. The zero-order valence-electron chi connectivity index (χ0n) is 15.4. The summed E-state index contributed by atoms with van der Waals surface area (Å²) in [6.07, 6.45) is 7.80. The molecule has 0 bridgehead atoms. The van der Waals surface area contributed by atoms with Gasteiger partial charge in [0.15, 0.2) is 0 Å². The zero-order chi connectivity index (χ0) is 17.1. The summed E-state index contributed by atoms with van der Waals surface area (Å²) in [5.41, 5.74) is 0. The van der Waals surface area contributed by atoms with Crippen molar-refractivity contribution in [3.05, 3.63) is 0 Å². The molecule has 3 aliphatic rings. The molecular formula is C18H33N3O2. The Morgan fingerprint density at radius 1 is 1.22 bits per heavy atom. The third-order valence-corrected chi connectivity index (χ3v) is 5.74. The van der Waals surface area contributed by atoms with Crippen LogP contribution < -0.4 is 5.32 Å². The number of nitrogens with zero attached hydrogens (tertiary/aromatic N) is 2. The molecule has 3 atom stereocenters. The van der Waals surface area contributed by atoms with Crippen molar-refractivity contribution in [3.63, 3.8) is 0 Å². The van der Waals surface area contributed by atoms with E-state index in [1.54, 1.807) is 0 Å². The van der Waals surface area contributed by atoms with Crippen LogP contribution in [0.3, 0.4) is 0 Å². The van der Waals surface area contributed by atoms with Crippen molar-refractivity contribution in [2.75, 3.05) is 33.2 Å². The lowest BCUT2D eigenvalue weighted by molar-refractivity contribution is -0.126. The second kappa shape index (κ2) is 7.95. The van der Waals surface area contributed by atoms with Crippen LogP contribution in [0.5, 0.6) is 0 Å². The van der Waals surface area contributed by atoms with Gasteiger partial charge >= 0.3 is 0 Å². The van der Waals surface area contributed by atoms with E-state index in [4.69, 9.17) is 1.37 Å². The van der Waals surface area contributed by atoms with Gasteiger partial charge < -0.3 is 15.3 Å². The van der Waals surface area contributed by atoms with E-state index < -0.39 is 6.10 Å². The Morgan fingerprint density at radius 2 is 1.91 bits per heavy atom. The quantitative estimate of drug-likeness (QED) is 0.816. The fourth-order valence-electron chi connectivity index (χ4n) is 4.25. The molecule has 2 unspecified atom stereocenters. The van der Waals surface area contributed by atoms with E-state index in [0.717, 1.165) is 38.8 Å². The van der Waals surface area contributed by atoms with Crippen LogP contribution in [0.25, 0.3) is 0 Å². The summed E-state index contributed by atoms with van der Waals surface area (Å²) in [5, 5.41) is 13.3. The van der Waals surface area contributed by atoms with E-state index >= 15 is 0 Å². The number of piperidine rings is 1. The number of amides is 1. The minimum absolute atomic E-state index is 0.0311. The van der Waals surface area contributed by atoms with Gasteiger partial charge in [0.1, 0.15) is 0 Å². The third kappa shape index (κ3) is 4.68. The summed E-state index contributed by atoms with van der Waals surface area (Å²) < 4.78 is 8.68. The van der Waals surface area contributed by atoms with Crippen molar-refractivity contribution in [3.8, 4) is 0 Å². The average molecular weight is 324 g/mol. The second-order valence-electron chi connectivity index (χ2n) is 7.74. The normalized spacial score (nSPS) is 34.3. The molecule has 2 heterocycles. The molecule has 0 aromatic rings. The van der Waals surface area contributed by atoms with Crippen LogP contribution in [0.15, 0.2) is 0 Å². The Morgan fingerprint density at radius 3 is 2.61 bits per heavy atom. The van der Waals surface area contributed by atoms with E-state index in [9.17, 15) is 9.90 Å². The number of carbonyl (C=O) groups excluding carboxylic acids is 1. The molecule has 2 saturated heterocycles. The van der Waals surface area contributed by atoms with Crippen molar-refractivity contribution in [1.29, 1.82) is 0 Å². The standard InChI is InChI=1S/C18H33N3O2/c1-20-9-7-14(8-10-20)12-21-13-16(22)11-17(21)18(23)19-15-5-3-2-4-6-15/h14-17,22H,2-13H2,1H3,(H,19,23)/t16-,17?/m1/s1/i12D/t12?,16-,17?. The van der Waals surface area contributed by atoms with Gasteiger partial charge in [-0.2, -0.15) is 0 Å². The van der Waals surface area contributed by atoms with Gasteiger partial charge in [-0.1, -0.05) is 19.3 Å². The first-order valence-corrected chi connectivity index (χ1v) is 9.39. The number of hydrogen-bond donors (Lipinski definition) is 2. The Balaban J connectivity index is 1.59. The zero-order valence-corrected chi connectivity index (χ0v) is 14.4. The predicted molar refractivity (Wildman–Crippen MR) is 91.2 cm³/mol. The number of carbonyl (C=O) groups is 1. The largest absolute Gasteiger partial charge is 0.392 e. The van der Waals surface area contributed by atoms with Gasteiger partial charge in [-0.05, 0) is 58.2 Å². The topological polar surface area (TPSA) is 55.8 Å². The van der Waals surface area contributed by atoms with Gasteiger partial charge in [0, 0.05) is 20.5 Å². The van der Waals surface area contributed by atoms with Crippen LogP contribution in [0.4, 0.5) is 0 Å². The lowest BCUT2D eigenvalue weighted by atomic mass is 9.95. The van der Waals surface area contributed by atoms with Gasteiger partial charge in [0.05, 0.1) is 12.1 Å². The highest BCUT2D eigenvalue weighted by Crippen LogP contribution is 2.25. The van der Waals surface area contributed by atoms with Crippen LogP contribution in [-0.2, 0) is 4.79 Å². The van der Waals surface area contributed by atoms with E-state index in [2.05, 4.69) is 17.3 Å². The van der Waals surface area contributed by atoms with Crippen LogP contribution in [0.2, 0.25) is 0 Å². The highest BCUT2D eigenvalue weighted by atomic mass is 16.3. The average Bonchev–Trinajstić information content (AvgIpc) is 2.98. The number of nitrogens with one attached hydrogen (secondary N) is 1. The van der Waals surface area contributed by atoms with Gasteiger partial charge in [0.2, 0.25) is 5.91 Å². The number of hydrogen-bond acceptors (Lipinski definition) is 4. The first-order valence-electron chi connectivity index (χ1n) is 9.97. The smallest absolute Gasteiger partial charge is 0.237 e. The van der Waals surface area contributed by atoms with E-state index in [0.29, 0.717) is 24.9 Å². The van der Waals surface area contributed by atoms with Crippen molar-refractivity contribution in [2.45, 2.75) is 69.6 Å². The number of rotatable bonds is 4. The maximum Gasteiger partial charge on any atom is 0.237 e. The molecule has 0 aromatic carbocycles. The lowest BCUT2D eigenvalue weighted by Gasteiger charge is -2.34. The molecule has 2 N–H and O–H groups in total. The molecule has 1 saturated carbocycles. The molecule has 2 aliphatic heterocycles. The molecule has 5 heteroatoms. The Kier molecular flexibility index (Phi) is 5.48. The molecule has 1 aliphatic carbocycles. The number of likely N-dealkylation sites (tertiary alicyclic amines) is 2. The summed E-state index contributed by atoms with van der Waals surface area (Å²) in [5.74, 6) is 0.333. The molecule has 0 radical (unpaired) electrons.